The van der Waals surface area contributed by atoms with E-state index >= 15 is 0 Å². The number of allylic oxidation sites excluding steroid dienone is 1. The molecule has 0 radical (unpaired) electrons. The normalized spacial score (nSPS) is 14.2. The number of hydrogen-bond acceptors (Lipinski definition) is 3. The number of aldehydes is 1. The molecular formula is C5H8O3. The van der Waals surface area contributed by atoms with Gasteiger partial charge in [0.15, 0.2) is 0 Å². The van der Waals surface area contributed by atoms with Gasteiger partial charge in [0, 0.05) is 0 Å². The quantitative estimate of drug-likeness (QED) is 0.371. The molecule has 0 unspecified atom stereocenters. The third-order valence-corrected chi connectivity index (χ3v) is 0.599. The number of carbonyl (C=O) groups is 1. The van der Waals surface area contributed by atoms with E-state index in [1.165, 1.54) is 6.08 Å². The number of carbonyl (C=O) groups excluding carboxylic acids is 1. The van der Waals surface area contributed by atoms with Crippen LogP contribution in [0.4, 0.5) is 0 Å². The van der Waals surface area contributed by atoms with E-state index in [-0.39, 0.29) is 6.61 Å². The van der Waals surface area contributed by atoms with Crippen LogP contribution in [0.3, 0.4) is 0 Å². The van der Waals surface area contributed by atoms with Crippen molar-refractivity contribution in [2.75, 3.05) is 6.61 Å². The van der Waals surface area contributed by atoms with Gasteiger partial charge in [-0.05, 0) is 6.08 Å². The smallest absolute Gasteiger partial charge is 0.142 e. The Morgan fingerprint density at radius 2 is 2.25 bits per heavy atom. The Balaban J connectivity index is 3.35. The summed E-state index contributed by atoms with van der Waals surface area (Å²) in [5.41, 5.74) is 0. The lowest BCUT2D eigenvalue weighted by Crippen LogP contribution is -2.06. The molecule has 2 N–H and O–H groups in total. The molecule has 8 heavy (non-hydrogen) atoms. The fraction of sp³-hybridized carbons (Fsp3) is 0.400. The van der Waals surface area contributed by atoms with Gasteiger partial charge in [0.2, 0.25) is 0 Å². The fourth-order valence-electron chi connectivity index (χ4n) is 0.234. The van der Waals surface area contributed by atoms with Crippen LogP contribution in [0.2, 0.25) is 0 Å². The van der Waals surface area contributed by atoms with E-state index in [0.717, 1.165) is 6.08 Å². The zero-order valence-corrected chi connectivity index (χ0v) is 4.32. The van der Waals surface area contributed by atoms with E-state index in [4.69, 9.17) is 10.2 Å². The number of aliphatic hydroxyl groups excluding tert-OH is 2. The second-order valence-electron chi connectivity index (χ2n) is 1.27. The van der Waals surface area contributed by atoms with Crippen LogP contribution in [0.25, 0.3) is 0 Å². The molecule has 0 aliphatic carbocycles. The molecule has 0 aliphatic rings. The minimum absolute atomic E-state index is 0.343. The monoisotopic (exact) mass is 116 g/mol. The molecule has 0 aromatic rings. The van der Waals surface area contributed by atoms with Gasteiger partial charge in [-0.1, -0.05) is 6.08 Å². The van der Waals surface area contributed by atoms with Crippen LogP contribution in [0.5, 0.6) is 0 Å². The summed E-state index contributed by atoms with van der Waals surface area (Å²) in [6, 6.07) is 0. The molecule has 0 spiro atoms. The van der Waals surface area contributed by atoms with Crippen molar-refractivity contribution in [3.63, 3.8) is 0 Å². The highest BCUT2D eigenvalue weighted by molar-refractivity contribution is 5.64. The van der Waals surface area contributed by atoms with Crippen molar-refractivity contribution < 1.29 is 15.0 Å². The molecule has 0 amide bonds. The molecule has 0 saturated heterocycles. The Kier molecular flexibility index (Phi) is 4.11. The minimum atomic E-state index is -0.903. The molecule has 0 aromatic carbocycles. The summed E-state index contributed by atoms with van der Waals surface area (Å²) in [6.45, 7) is -0.343. The molecule has 0 aliphatic heterocycles. The van der Waals surface area contributed by atoms with Crippen molar-refractivity contribution in [2.45, 2.75) is 6.10 Å². The van der Waals surface area contributed by atoms with Crippen LogP contribution in [-0.2, 0) is 4.79 Å². The van der Waals surface area contributed by atoms with Crippen LogP contribution in [-0.4, -0.2) is 29.2 Å². The van der Waals surface area contributed by atoms with Gasteiger partial charge in [-0.15, -0.1) is 0 Å². The predicted molar refractivity (Wildman–Crippen MR) is 28.3 cm³/mol. The van der Waals surface area contributed by atoms with Crippen molar-refractivity contribution in [3.05, 3.63) is 12.2 Å². The molecule has 0 rings (SSSR count). The van der Waals surface area contributed by atoms with E-state index in [1.807, 2.05) is 0 Å². The van der Waals surface area contributed by atoms with Gasteiger partial charge >= 0.3 is 0 Å². The maximum atomic E-state index is 9.55. The molecule has 0 bridgehead atoms. The summed E-state index contributed by atoms with van der Waals surface area (Å²) in [5, 5.41) is 16.6. The van der Waals surface area contributed by atoms with Crippen LogP contribution in [0, 0.1) is 0 Å². The summed E-state index contributed by atoms with van der Waals surface area (Å²) in [5.74, 6) is 0. The lowest BCUT2D eigenvalue weighted by atomic mass is 10.3. The Labute approximate surface area is 47.3 Å². The number of hydrogen-bond donors (Lipinski definition) is 2. The largest absolute Gasteiger partial charge is 0.393 e. The van der Waals surface area contributed by atoms with Crippen LogP contribution < -0.4 is 0 Å². The highest BCUT2D eigenvalue weighted by Gasteiger charge is 1.90. The highest BCUT2D eigenvalue weighted by Crippen LogP contribution is 1.79. The Morgan fingerprint density at radius 3 is 2.62 bits per heavy atom. The van der Waals surface area contributed by atoms with Gasteiger partial charge in [-0.2, -0.15) is 0 Å². The molecule has 0 saturated carbocycles. The summed E-state index contributed by atoms with van der Waals surface area (Å²) >= 11 is 0. The molecule has 46 valence electrons. The fourth-order valence-corrected chi connectivity index (χ4v) is 0.234. The lowest BCUT2D eigenvalue weighted by molar-refractivity contribution is -0.104. The molecule has 3 heteroatoms. The summed E-state index contributed by atoms with van der Waals surface area (Å²) in [7, 11) is 0. The minimum Gasteiger partial charge on any atom is -0.393 e. The maximum absolute atomic E-state index is 9.55. The van der Waals surface area contributed by atoms with Crippen molar-refractivity contribution in [3.8, 4) is 0 Å². The second kappa shape index (κ2) is 4.49. The molecule has 0 heterocycles. The summed E-state index contributed by atoms with van der Waals surface area (Å²) in [6.07, 6.45) is 1.99. The number of aliphatic hydroxyl groups is 2. The summed E-state index contributed by atoms with van der Waals surface area (Å²) in [4.78, 5) is 9.55. The third kappa shape index (κ3) is 3.52. The lowest BCUT2D eigenvalue weighted by Gasteiger charge is -1.94. The SMILES string of the molecule is O=CC=C[C@H](O)CO. The molecule has 3 nitrogen and oxygen atoms in total. The first-order valence-corrected chi connectivity index (χ1v) is 2.22. The van der Waals surface area contributed by atoms with E-state index in [0.29, 0.717) is 6.29 Å². The molecule has 0 aromatic heterocycles. The van der Waals surface area contributed by atoms with Crippen molar-refractivity contribution in [2.24, 2.45) is 0 Å². The topological polar surface area (TPSA) is 57.5 Å². The first-order chi connectivity index (χ1) is 3.81. The van der Waals surface area contributed by atoms with E-state index in [2.05, 4.69) is 0 Å². The van der Waals surface area contributed by atoms with Gasteiger partial charge in [-0.3, -0.25) is 4.79 Å². The third-order valence-electron chi connectivity index (χ3n) is 0.599. The number of rotatable bonds is 3. The average Bonchev–Trinajstić information content (AvgIpc) is 1.83. The summed E-state index contributed by atoms with van der Waals surface area (Å²) < 4.78 is 0. The van der Waals surface area contributed by atoms with Crippen molar-refractivity contribution in [1.82, 2.24) is 0 Å². The van der Waals surface area contributed by atoms with Gasteiger partial charge < -0.3 is 10.2 Å². The van der Waals surface area contributed by atoms with E-state index in [9.17, 15) is 4.79 Å². The van der Waals surface area contributed by atoms with E-state index in [1.54, 1.807) is 0 Å². The Hall–Kier alpha value is -0.670. The van der Waals surface area contributed by atoms with Crippen LogP contribution in [0.15, 0.2) is 12.2 Å². The zero-order valence-electron chi connectivity index (χ0n) is 4.32. The van der Waals surface area contributed by atoms with E-state index < -0.39 is 6.10 Å². The predicted octanol–water partition coefficient (Wildman–Crippen LogP) is -0.905. The van der Waals surface area contributed by atoms with Crippen LogP contribution >= 0.6 is 0 Å². The van der Waals surface area contributed by atoms with Crippen LogP contribution in [0.1, 0.15) is 0 Å². The Morgan fingerprint density at radius 1 is 1.62 bits per heavy atom. The first-order valence-electron chi connectivity index (χ1n) is 2.22. The van der Waals surface area contributed by atoms with Crippen molar-refractivity contribution >= 4 is 6.29 Å². The van der Waals surface area contributed by atoms with Crippen molar-refractivity contribution in [1.29, 1.82) is 0 Å². The Bertz CT molecular complexity index is 87.7. The average molecular weight is 116 g/mol. The van der Waals surface area contributed by atoms with Gasteiger partial charge in [0.25, 0.3) is 0 Å². The molecule has 1 atom stereocenters. The first kappa shape index (κ1) is 7.33. The van der Waals surface area contributed by atoms with Gasteiger partial charge in [0.1, 0.15) is 6.29 Å². The molecular weight excluding hydrogens is 108 g/mol. The zero-order chi connectivity index (χ0) is 6.41. The second-order valence-corrected chi connectivity index (χ2v) is 1.27. The highest BCUT2D eigenvalue weighted by atomic mass is 16.3. The van der Waals surface area contributed by atoms with Gasteiger partial charge in [-0.25, -0.2) is 0 Å². The molecule has 0 fully saturated rings. The van der Waals surface area contributed by atoms with Gasteiger partial charge in [0.05, 0.1) is 12.7 Å². The maximum Gasteiger partial charge on any atom is 0.142 e. The standard InChI is InChI=1S/C5H8O3/c6-3-1-2-5(8)4-7/h1-3,5,7-8H,4H2/t5-/m0/s1.